The summed E-state index contributed by atoms with van der Waals surface area (Å²) in [6.45, 7) is 12.0. The minimum absolute atomic E-state index is 0.153. The number of hydrogen-bond donors (Lipinski definition) is 2. The molecule has 0 aliphatic heterocycles. The molecule has 2 aliphatic carbocycles. The van der Waals surface area contributed by atoms with E-state index in [2.05, 4.69) is 40.7 Å². The standard InChI is InChI=1S/C20H36O2/c1-14(10-11-21)6-8-17-15(2)7-9-18-19(3,4)12-16(22)13-20(17,18)5/h7,14,16-18,21-22H,6,8-13H2,1-5H3. The lowest BCUT2D eigenvalue weighted by Gasteiger charge is -2.58. The maximum Gasteiger partial charge on any atom is 0.0551 e. The van der Waals surface area contributed by atoms with Crippen LogP contribution in [0, 0.1) is 28.6 Å². The van der Waals surface area contributed by atoms with Crippen molar-refractivity contribution in [2.75, 3.05) is 6.61 Å². The summed E-state index contributed by atoms with van der Waals surface area (Å²) in [4.78, 5) is 0. The van der Waals surface area contributed by atoms with Crippen molar-refractivity contribution in [1.29, 1.82) is 0 Å². The van der Waals surface area contributed by atoms with Gasteiger partial charge in [0.2, 0.25) is 0 Å². The Morgan fingerprint density at radius 2 is 1.91 bits per heavy atom. The Morgan fingerprint density at radius 3 is 2.55 bits per heavy atom. The molecule has 5 unspecified atom stereocenters. The van der Waals surface area contributed by atoms with E-state index in [1.54, 1.807) is 0 Å². The van der Waals surface area contributed by atoms with Gasteiger partial charge < -0.3 is 10.2 Å². The second-order valence-corrected chi connectivity index (χ2v) is 9.04. The van der Waals surface area contributed by atoms with Crippen LogP contribution in [0.5, 0.6) is 0 Å². The van der Waals surface area contributed by atoms with E-state index in [1.807, 2.05) is 0 Å². The molecule has 5 atom stereocenters. The Morgan fingerprint density at radius 1 is 1.23 bits per heavy atom. The van der Waals surface area contributed by atoms with E-state index in [9.17, 15) is 5.11 Å². The van der Waals surface area contributed by atoms with Gasteiger partial charge >= 0.3 is 0 Å². The van der Waals surface area contributed by atoms with Crippen LogP contribution < -0.4 is 0 Å². The second-order valence-electron chi connectivity index (χ2n) is 9.04. The van der Waals surface area contributed by atoms with Crippen molar-refractivity contribution in [3.63, 3.8) is 0 Å². The van der Waals surface area contributed by atoms with E-state index in [0.29, 0.717) is 24.4 Å². The molecule has 0 aromatic heterocycles. The normalized spacial score (nSPS) is 39.0. The van der Waals surface area contributed by atoms with Gasteiger partial charge in [0.15, 0.2) is 0 Å². The lowest BCUT2D eigenvalue weighted by Crippen LogP contribution is -2.52. The van der Waals surface area contributed by atoms with Crippen molar-refractivity contribution >= 4 is 0 Å². The fourth-order valence-corrected chi connectivity index (χ4v) is 5.68. The van der Waals surface area contributed by atoms with Gasteiger partial charge in [-0.3, -0.25) is 0 Å². The largest absolute Gasteiger partial charge is 0.396 e. The Labute approximate surface area is 137 Å². The van der Waals surface area contributed by atoms with Crippen molar-refractivity contribution in [3.05, 3.63) is 11.6 Å². The van der Waals surface area contributed by atoms with Crippen LogP contribution in [0.25, 0.3) is 0 Å². The van der Waals surface area contributed by atoms with Crippen LogP contribution in [0.1, 0.15) is 73.1 Å². The quantitative estimate of drug-likeness (QED) is 0.731. The minimum Gasteiger partial charge on any atom is -0.396 e. The fraction of sp³-hybridized carbons (Fsp3) is 0.900. The van der Waals surface area contributed by atoms with Crippen molar-refractivity contribution < 1.29 is 10.2 Å². The van der Waals surface area contributed by atoms with Crippen LogP contribution in [-0.4, -0.2) is 22.9 Å². The van der Waals surface area contributed by atoms with Crippen LogP contribution in [0.2, 0.25) is 0 Å². The van der Waals surface area contributed by atoms with Crippen LogP contribution in [0.3, 0.4) is 0 Å². The van der Waals surface area contributed by atoms with E-state index >= 15 is 0 Å². The van der Waals surface area contributed by atoms with Crippen LogP contribution in [0.15, 0.2) is 11.6 Å². The molecule has 2 rings (SSSR count). The molecule has 0 aromatic carbocycles. The lowest BCUT2D eigenvalue weighted by molar-refractivity contribution is -0.0960. The molecule has 128 valence electrons. The molecule has 1 saturated carbocycles. The molecule has 0 bridgehead atoms. The first-order valence-corrected chi connectivity index (χ1v) is 9.16. The molecule has 0 heterocycles. The third-order valence-electron chi connectivity index (χ3n) is 6.77. The van der Waals surface area contributed by atoms with Crippen molar-refractivity contribution in [1.82, 2.24) is 0 Å². The molecular formula is C20H36O2. The third kappa shape index (κ3) is 3.43. The fourth-order valence-electron chi connectivity index (χ4n) is 5.68. The van der Waals surface area contributed by atoms with Gasteiger partial charge in [-0.05, 0) is 67.6 Å². The second kappa shape index (κ2) is 6.65. The summed E-state index contributed by atoms with van der Waals surface area (Å²) in [5.41, 5.74) is 1.97. The van der Waals surface area contributed by atoms with Gasteiger partial charge in [-0.2, -0.15) is 0 Å². The predicted molar refractivity (Wildman–Crippen MR) is 92.6 cm³/mol. The molecular weight excluding hydrogens is 272 g/mol. The average Bonchev–Trinajstić information content (AvgIpc) is 2.35. The molecule has 0 amide bonds. The Hall–Kier alpha value is -0.340. The molecule has 0 radical (unpaired) electrons. The first-order valence-electron chi connectivity index (χ1n) is 9.16. The number of rotatable bonds is 5. The Kier molecular flexibility index (Phi) is 5.44. The number of aliphatic hydroxyl groups excluding tert-OH is 2. The maximum atomic E-state index is 10.5. The van der Waals surface area contributed by atoms with Crippen LogP contribution in [0.4, 0.5) is 0 Å². The number of hydrogen-bond acceptors (Lipinski definition) is 2. The molecule has 0 aromatic rings. The summed E-state index contributed by atoms with van der Waals surface area (Å²) in [5, 5.41) is 19.6. The first kappa shape index (κ1) is 18.0. The lowest BCUT2D eigenvalue weighted by atomic mass is 9.47. The summed E-state index contributed by atoms with van der Waals surface area (Å²) in [6.07, 6.45) is 8.65. The van der Waals surface area contributed by atoms with Gasteiger partial charge in [0.05, 0.1) is 6.10 Å². The molecule has 0 spiro atoms. The molecule has 0 saturated heterocycles. The highest BCUT2D eigenvalue weighted by atomic mass is 16.3. The van der Waals surface area contributed by atoms with Gasteiger partial charge in [0, 0.05) is 6.61 Å². The number of allylic oxidation sites excluding steroid dienone is 2. The molecule has 2 N–H and O–H groups in total. The van der Waals surface area contributed by atoms with Gasteiger partial charge in [0.1, 0.15) is 0 Å². The zero-order valence-corrected chi connectivity index (χ0v) is 15.2. The zero-order valence-electron chi connectivity index (χ0n) is 15.2. The smallest absolute Gasteiger partial charge is 0.0551 e. The predicted octanol–water partition coefficient (Wildman–Crippen LogP) is 4.55. The molecule has 2 heteroatoms. The molecule has 2 nitrogen and oxygen atoms in total. The van der Waals surface area contributed by atoms with Gasteiger partial charge in [0.25, 0.3) is 0 Å². The maximum absolute atomic E-state index is 10.5. The zero-order chi connectivity index (χ0) is 16.5. The topological polar surface area (TPSA) is 40.5 Å². The minimum atomic E-state index is -0.153. The molecule has 22 heavy (non-hydrogen) atoms. The third-order valence-corrected chi connectivity index (χ3v) is 6.77. The van der Waals surface area contributed by atoms with Crippen molar-refractivity contribution in [2.45, 2.75) is 79.2 Å². The summed E-state index contributed by atoms with van der Waals surface area (Å²) >= 11 is 0. The summed E-state index contributed by atoms with van der Waals surface area (Å²) in [6, 6.07) is 0. The van der Waals surface area contributed by atoms with E-state index in [-0.39, 0.29) is 16.9 Å². The van der Waals surface area contributed by atoms with Gasteiger partial charge in [-0.15, -0.1) is 0 Å². The van der Waals surface area contributed by atoms with Gasteiger partial charge in [-0.1, -0.05) is 45.8 Å². The number of fused-ring (bicyclic) bond motifs is 1. The molecule has 1 fully saturated rings. The highest BCUT2D eigenvalue weighted by molar-refractivity contribution is 5.19. The Bertz CT molecular complexity index is 412. The first-order chi connectivity index (χ1) is 10.2. The average molecular weight is 309 g/mol. The summed E-state index contributed by atoms with van der Waals surface area (Å²) < 4.78 is 0. The van der Waals surface area contributed by atoms with Gasteiger partial charge in [-0.25, -0.2) is 0 Å². The van der Waals surface area contributed by atoms with Crippen LogP contribution >= 0.6 is 0 Å². The Balaban J connectivity index is 2.20. The number of aliphatic hydroxyl groups is 2. The highest BCUT2D eigenvalue weighted by Gasteiger charge is 2.53. The summed E-state index contributed by atoms with van der Waals surface area (Å²) in [5.74, 6) is 1.84. The highest BCUT2D eigenvalue weighted by Crippen LogP contribution is 2.60. The molecule has 2 aliphatic rings. The monoisotopic (exact) mass is 308 g/mol. The summed E-state index contributed by atoms with van der Waals surface area (Å²) in [7, 11) is 0. The van der Waals surface area contributed by atoms with E-state index in [0.717, 1.165) is 19.3 Å². The van der Waals surface area contributed by atoms with Crippen molar-refractivity contribution in [2.24, 2.45) is 28.6 Å². The van der Waals surface area contributed by atoms with E-state index in [4.69, 9.17) is 5.11 Å². The van der Waals surface area contributed by atoms with E-state index in [1.165, 1.54) is 24.8 Å². The SMILES string of the molecule is CC1=CCC2C(C)(C)CC(O)CC2(C)C1CCC(C)CCO. The van der Waals surface area contributed by atoms with Crippen molar-refractivity contribution in [3.8, 4) is 0 Å². The van der Waals surface area contributed by atoms with Crippen LogP contribution in [-0.2, 0) is 0 Å². The van der Waals surface area contributed by atoms with E-state index < -0.39 is 0 Å².